The normalized spacial score (nSPS) is 19.8. The quantitative estimate of drug-likeness (QED) is 0.735. The summed E-state index contributed by atoms with van der Waals surface area (Å²) in [5, 5.41) is 12.3. The summed E-state index contributed by atoms with van der Waals surface area (Å²) in [4.78, 5) is 17.1. The molecule has 0 bridgehead atoms. The Bertz CT molecular complexity index is 963. The van der Waals surface area contributed by atoms with Crippen LogP contribution in [0, 0.1) is 6.92 Å². The third-order valence-electron chi connectivity index (χ3n) is 4.42. The minimum Gasteiger partial charge on any atom is -0.482 e. The van der Waals surface area contributed by atoms with Gasteiger partial charge in [-0.25, -0.2) is 4.98 Å². The summed E-state index contributed by atoms with van der Waals surface area (Å²) < 4.78 is 14.7. The number of hydrogen-bond donors (Lipinski definition) is 1. The van der Waals surface area contributed by atoms with Gasteiger partial charge in [0.05, 0.1) is 37.3 Å². The number of pyridine rings is 1. The lowest BCUT2D eigenvalue weighted by Crippen LogP contribution is -2.45. The van der Waals surface area contributed by atoms with Gasteiger partial charge in [-0.15, -0.1) is 0 Å². The summed E-state index contributed by atoms with van der Waals surface area (Å²) in [6, 6.07) is 3.32. The molecule has 4 rings (SSSR count). The highest BCUT2D eigenvalue weighted by Gasteiger charge is 2.32. The van der Waals surface area contributed by atoms with Gasteiger partial charge in [0.1, 0.15) is 11.8 Å². The van der Waals surface area contributed by atoms with Gasteiger partial charge in [-0.3, -0.25) is 14.2 Å². The number of aryl methyl sites for hydroxylation is 3. The average Bonchev–Trinajstić information content (AvgIpc) is 3.30. The lowest BCUT2D eigenvalue weighted by molar-refractivity contribution is 0.0899. The molecular weight excluding hydrogens is 336 g/mol. The molecule has 9 nitrogen and oxygen atoms in total. The predicted molar refractivity (Wildman–Crippen MR) is 92.9 cm³/mol. The molecule has 1 amide bonds. The molecule has 1 aliphatic rings. The van der Waals surface area contributed by atoms with Crippen LogP contribution < -0.4 is 10.1 Å². The number of hydrogen-bond acceptors (Lipinski definition) is 6. The van der Waals surface area contributed by atoms with Crippen LogP contribution in [0.3, 0.4) is 0 Å². The Labute approximate surface area is 149 Å². The maximum absolute atomic E-state index is 12.6. The van der Waals surface area contributed by atoms with E-state index in [0.29, 0.717) is 30.3 Å². The van der Waals surface area contributed by atoms with E-state index in [1.807, 2.05) is 27.1 Å². The summed E-state index contributed by atoms with van der Waals surface area (Å²) in [5.74, 6) is 0.383. The molecule has 26 heavy (non-hydrogen) atoms. The van der Waals surface area contributed by atoms with Gasteiger partial charge in [0.25, 0.3) is 5.91 Å². The van der Waals surface area contributed by atoms with Crippen LogP contribution in [0.2, 0.25) is 0 Å². The molecule has 3 aromatic heterocycles. The number of carbonyl (C=O) groups excluding carboxylic acids is 1. The van der Waals surface area contributed by atoms with Crippen molar-refractivity contribution in [1.29, 1.82) is 0 Å². The smallest absolute Gasteiger partial charge is 0.270 e. The fraction of sp³-hybridized carbons (Fsp3) is 0.412. The molecule has 136 valence electrons. The summed E-state index contributed by atoms with van der Waals surface area (Å²) in [7, 11) is 3.63. The van der Waals surface area contributed by atoms with Crippen molar-refractivity contribution < 1.29 is 14.3 Å². The van der Waals surface area contributed by atoms with Gasteiger partial charge >= 0.3 is 0 Å². The number of amides is 1. The molecule has 3 aromatic rings. The second-order valence-corrected chi connectivity index (χ2v) is 6.40. The number of nitrogens with one attached hydrogen (secondary N) is 1. The number of nitrogens with zero attached hydrogens (tertiary/aromatic N) is 5. The van der Waals surface area contributed by atoms with Crippen LogP contribution in [0.4, 0.5) is 0 Å². The first-order valence-corrected chi connectivity index (χ1v) is 8.35. The van der Waals surface area contributed by atoms with E-state index in [1.165, 1.54) is 0 Å². The van der Waals surface area contributed by atoms with Gasteiger partial charge in [-0.05, 0) is 19.1 Å². The van der Waals surface area contributed by atoms with Crippen molar-refractivity contribution in [3.8, 4) is 5.75 Å². The minimum absolute atomic E-state index is 0.256. The largest absolute Gasteiger partial charge is 0.482 e. The predicted octanol–water partition coefficient (Wildman–Crippen LogP) is 0.586. The second kappa shape index (κ2) is 6.41. The van der Waals surface area contributed by atoms with Crippen LogP contribution >= 0.6 is 0 Å². The number of fused-ring (bicyclic) bond motifs is 1. The first kappa shape index (κ1) is 16.5. The molecule has 0 spiro atoms. The molecule has 9 heteroatoms. The van der Waals surface area contributed by atoms with E-state index in [2.05, 4.69) is 20.5 Å². The average molecular weight is 356 g/mol. The number of aromatic nitrogens is 5. The Morgan fingerprint density at radius 3 is 2.96 bits per heavy atom. The fourth-order valence-electron chi connectivity index (χ4n) is 3.09. The van der Waals surface area contributed by atoms with Crippen molar-refractivity contribution in [2.75, 3.05) is 13.2 Å². The van der Waals surface area contributed by atoms with Crippen molar-refractivity contribution in [3.63, 3.8) is 0 Å². The third-order valence-corrected chi connectivity index (χ3v) is 4.42. The van der Waals surface area contributed by atoms with Crippen molar-refractivity contribution >= 4 is 16.9 Å². The van der Waals surface area contributed by atoms with Crippen molar-refractivity contribution in [2.45, 2.75) is 19.1 Å². The van der Waals surface area contributed by atoms with Gasteiger partial charge < -0.3 is 14.8 Å². The lowest BCUT2D eigenvalue weighted by atomic mass is 10.2. The van der Waals surface area contributed by atoms with Crippen LogP contribution in [0.15, 0.2) is 24.5 Å². The highest BCUT2D eigenvalue weighted by atomic mass is 16.5. The standard InChI is InChI=1S/C17H20N6O3/c1-10-12-4-5-13(19-16(12)23(3)21-10)17(24)20-14-8-25-9-15(14)26-11-6-18-22(2)7-11/h4-7,14-15H,8-9H2,1-3H3,(H,20,24)/t14-,15+/m0/s1. The Morgan fingerprint density at radius 2 is 2.19 bits per heavy atom. The Kier molecular flexibility index (Phi) is 4.08. The fourth-order valence-corrected chi connectivity index (χ4v) is 3.09. The Balaban J connectivity index is 1.49. The molecule has 0 saturated carbocycles. The molecule has 0 unspecified atom stereocenters. The van der Waals surface area contributed by atoms with E-state index in [0.717, 1.165) is 11.1 Å². The topological polar surface area (TPSA) is 96.1 Å². The summed E-state index contributed by atoms with van der Waals surface area (Å²) in [6.07, 6.45) is 3.14. The molecule has 1 fully saturated rings. The number of carbonyl (C=O) groups is 1. The van der Waals surface area contributed by atoms with Gasteiger partial charge in [-0.2, -0.15) is 10.2 Å². The van der Waals surface area contributed by atoms with Crippen LogP contribution in [-0.4, -0.2) is 55.8 Å². The van der Waals surface area contributed by atoms with Crippen molar-refractivity contribution in [1.82, 2.24) is 29.9 Å². The summed E-state index contributed by atoms with van der Waals surface area (Å²) in [5.41, 5.74) is 1.91. The van der Waals surface area contributed by atoms with E-state index in [1.54, 1.807) is 27.8 Å². The third kappa shape index (κ3) is 3.01. The van der Waals surface area contributed by atoms with E-state index in [9.17, 15) is 4.79 Å². The molecular formula is C17H20N6O3. The van der Waals surface area contributed by atoms with E-state index in [-0.39, 0.29) is 18.1 Å². The maximum Gasteiger partial charge on any atom is 0.270 e. The molecule has 2 atom stereocenters. The molecule has 0 radical (unpaired) electrons. The van der Waals surface area contributed by atoms with E-state index in [4.69, 9.17) is 9.47 Å². The minimum atomic E-state index is -0.272. The van der Waals surface area contributed by atoms with Gasteiger partial charge in [0.15, 0.2) is 11.4 Å². The Hall–Kier alpha value is -2.94. The van der Waals surface area contributed by atoms with Crippen molar-refractivity contribution in [3.05, 3.63) is 35.9 Å². The van der Waals surface area contributed by atoms with Crippen LogP contribution in [0.5, 0.6) is 5.75 Å². The van der Waals surface area contributed by atoms with Crippen LogP contribution in [0.25, 0.3) is 11.0 Å². The lowest BCUT2D eigenvalue weighted by Gasteiger charge is -2.19. The first-order valence-electron chi connectivity index (χ1n) is 8.35. The van der Waals surface area contributed by atoms with Crippen LogP contribution in [0.1, 0.15) is 16.2 Å². The second-order valence-electron chi connectivity index (χ2n) is 6.40. The van der Waals surface area contributed by atoms with E-state index < -0.39 is 0 Å². The molecule has 4 heterocycles. The number of ether oxygens (including phenoxy) is 2. The molecule has 1 N–H and O–H groups in total. The monoisotopic (exact) mass is 356 g/mol. The summed E-state index contributed by atoms with van der Waals surface area (Å²) in [6.45, 7) is 2.72. The van der Waals surface area contributed by atoms with Gasteiger partial charge in [-0.1, -0.05) is 0 Å². The highest BCUT2D eigenvalue weighted by molar-refractivity contribution is 5.95. The first-order chi connectivity index (χ1) is 12.5. The van der Waals surface area contributed by atoms with Crippen LogP contribution in [-0.2, 0) is 18.8 Å². The Morgan fingerprint density at radius 1 is 1.35 bits per heavy atom. The molecule has 0 aromatic carbocycles. The zero-order valence-electron chi connectivity index (χ0n) is 14.8. The van der Waals surface area contributed by atoms with E-state index >= 15 is 0 Å². The molecule has 1 saturated heterocycles. The zero-order chi connectivity index (χ0) is 18.3. The molecule has 1 aliphatic heterocycles. The highest BCUT2D eigenvalue weighted by Crippen LogP contribution is 2.18. The number of rotatable bonds is 4. The summed E-state index contributed by atoms with van der Waals surface area (Å²) >= 11 is 0. The van der Waals surface area contributed by atoms with Gasteiger partial charge in [0.2, 0.25) is 0 Å². The maximum atomic E-state index is 12.6. The molecule has 0 aliphatic carbocycles. The zero-order valence-corrected chi connectivity index (χ0v) is 14.8. The van der Waals surface area contributed by atoms with Gasteiger partial charge in [0, 0.05) is 19.5 Å². The SMILES string of the molecule is Cc1nn(C)c2nc(C(=O)N[C@H]3COC[C@H]3Oc3cnn(C)c3)ccc12. The van der Waals surface area contributed by atoms with Crippen molar-refractivity contribution in [2.24, 2.45) is 14.1 Å².